The first-order valence-electron chi connectivity index (χ1n) is 4.78. The summed E-state index contributed by atoms with van der Waals surface area (Å²) in [5.41, 5.74) is 2.79. The van der Waals surface area contributed by atoms with Crippen LogP contribution in [0.3, 0.4) is 0 Å². The molecule has 0 atom stereocenters. The van der Waals surface area contributed by atoms with Crippen LogP contribution in [0.5, 0.6) is 0 Å². The minimum Gasteiger partial charge on any atom is -0.464 e. The number of hydrogen-bond acceptors (Lipinski definition) is 4. The van der Waals surface area contributed by atoms with Crippen LogP contribution in [0.15, 0.2) is 24.4 Å². The molecule has 5 heteroatoms. The Morgan fingerprint density at radius 2 is 2.25 bits per heavy atom. The highest BCUT2D eigenvalue weighted by Crippen LogP contribution is 2.19. The predicted molar refractivity (Wildman–Crippen MR) is 57.9 cm³/mol. The van der Waals surface area contributed by atoms with Gasteiger partial charge in [-0.05, 0) is 19.1 Å². The Morgan fingerprint density at radius 1 is 1.44 bits per heavy atom. The number of carbonyl (C=O) groups is 1. The Labute approximate surface area is 92.5 Å². The van der Waals surface area contributed by atoms with Crippen molar-refractivity contribution >= 4 is 5.97 Å². The molecule has 0 aliphatic rings. The van der Waals surface area contributed by atoms with Gasteiger partial charge in [-0.25, -0.2) is 9.78 Å². The van der Waals surface area contributed by atoms with Crippen LogP contribution in [0.2, 0.25) is 0 Å². The van der Waals surface area contributed by atoms with E-state index in [0.29, 0.717) is 11.4 Å². The summed E-state index contributed by atoms with van der Waals surface area (Å²) in [5.74, 6) is -0.442. The first kappa shape index (κ1) is 10.4. The lowest BCUT2D eigenvalue weighted by Crippen LogP contribution is -2.04. The van der Waals surface area contributed by atoms with Crippen LogP contribution in [0.25, 0.3) is 11.3 Å². The second-order valence-corrected chi connectivity index (χ2v) is 3.31. The number of methoxy groups -OCH3 is 1. The summed E-state index contributed by atoms with van der Waals surface area (Å²) in [6, 6.07) is 5.20. The van der Waals surface area contributed by atoms with E-state index in [0.717, 1.165) is 11.3 Å². The van der Waals surface area contributed by atoms with Crippen LogP contribution >= 0.6 is 0 Å². The fourth-order valence-electron chi connectivity index (χ4n) is 1.41. The van der Waals surface area contributed by atoms with Gasteiger partial charge in [0.15, 0.2) is 0 Å². The monoisotopic (exact) mass is 217 g/mol. The number of aromatic nitrogens is 3. The van der Waals surface area contributed by atoms with Gasteiger partial charge in [0.1, 0.15) is 5.69 Å². The van der Waals surface area contributed by atoms with Crippen LogP contribution in [-0.4, -0.2) is 28.3 Å². The molecule has 0 saturated heterocycles. The molecular formula is C11H11N3O2. The smallest absolute Gasteiger partial charge is 0.356 e. The fraction of sp³-hybridized carbons (Fsp3) is 0.182. The van der Waals surface area contributed by atoms with Crippen LogP contribution in [0.1, 0.15) is 16.2 Å². The van der Waals surface area contributed by atoms with Crippen LogP contribution in [0, 0.1) is 6.92 Å². The molecule has 0 saturated carbocycles. The first-order chi connectivity index (χ1) is 7.72. The molecule has 0 radical (unpaired) electrons. The average Bonchev–Trinajstić information content (AvgIpc) is 2.74. The summed E-state index contributed by atoms with van der Waals surface area (Å²) in [6.45, 7) is 1.90. The fourth-order valence-corrected chi connectivity index (χ4v) is 1.41. The number of ether oxygens (including phenoxy) is 1. The third-order valence-electron chi connectivity index (χ3n) is 2.25. The van der Waals surface area contributed by atoms with E-state index >= 15 is 0 Å². The van der Waals surface area contributed by atoms with Crippen molar-refractivity contribution in [3.05, 3.63) is 35.8 Å². The molecule has 0 fully saturated rings. The van der Waals surface area contributed by atoms with E-state index in [1.165, 1.54) is 7.11 Å². The third kappa shape index (κ3) is 1.79. The third-order valence-corrected chi connectivity index (χ3v) is 2.25. The topological polar surface area (TPSA) is 67.9 Å². The minimum atomic E-state index is -0.442. The lowest BCUT2D eigenvalue weighted by atomic mass is 10.1. The number of carbonyl (C=O) groups excluding carboxylic acids is 1. The number of hydrogen-bond donors (Lipinski definition) is 1. The SMILES string of the molecule is COC(=O)c1cccc(-c2cn[nH]c2C)n1. The van der Waals surface area contributed by atoms with Crippen molar-refractivity contribution in [3.63, 3.8) is 0 Å². The van der Waals surface area contributed by atoms with Crippen molar-refractivity contribution in [2.75, 3.05) is 7.11 Å². The highest BCUT2D eigenvalue weighted by molar-refractivity contribution is 5.87. The van der Waals surface area contributed by atoms with Gasteiger partial charge in [0.2, 0.25) is 0 Å². The molecule has 82 valence electrons. The molecule has 2 rings (SSSR count). The summed E-state index contributed by atoms with van der Waals surface area (Å²) >= 11 is 0. The molecule has 0 aromatic carbocycles. The van der Waals surface area contributed by atoms with Crippen molar-refractivity contribution in [1.29, 1.82) is 0 Å². The molecule has 2 aromatic rings. The standard InChI is InChI=1S/C11H11N3O2/c1-7-8(6-12-14-7)9-4-3-5-10(13-9)11(15)16-2/h3-6H,1-2H3,(H,12,14). The number of aromatic amines is 1. The molecule has 5 nitrogen and oxygen atoms in total. The van der Waals surface area contributed by atoms with Gasteiger partial charge in [-0.2, -0.15) is 5.10 Å². The van der Waals surface area contributed by atoms with E-state index in [2.05, 4.69) is 19.9 Å². The van der Waals surface area contributed by atoms with Gasteiger partial charge in [-0.3, -0.25) is 5.10 Å². The van der Waals surface area contributed by atoms with Gasteiger partial charge < -0.3 is 4.74 Å². The number of nitrogens with one attached hydrogen (secondary N) is 1. The zero-order valence-corrected chi connectivity index (χ0v) is 9.02. The summed E-state index contributed by atoms with van der Waals surface area (Å²) in [6.07, 6.45) is 1.68. The lowest BCUT2D eigenvalue weighted by molar-refractivity contribution is 0.0594. The largest absolute Gasteiger partial charge is 0.464 e. The minimum absolute atomic E-state index is 0.292. The average molecular weight is 217 g/mol. The van der Waals surface area contributed by atoms with Crippen molar-refractivity contribution in [3.8, 4) is 11.3 Å². The molecule has 0 amide bonds. The van der Waals surface area contributed by atoms with E-state index in [1.807, 2.05) is 13.0 Å². The van der Waals surface area contributed by atoms with Gasteiger partial charge in [0.25, 0.3) is 0 Å². The highest BCUT2D eigenvalue weighted by Gasteiger charge is 2.10. The molecule has 2 aromatic heterocycles. The van der Waals surface area contributed by atoms with Gasteiger partial charge in [-0.1, -0.05) is 6.07 Å². The number of aryl methyl sites for hydroxylation is 1. The van der Waals surface area contributed by atoms with E-state index in [4.69, 9.17) is 0 Å². The molecule has 0 bridgehead atoms. The molecular weight excluding hydrogens is 206 g/mol. The Balaban J connectivity index is 2.44. The number of nitrogens with zero attached hydrogens (tertiary/aromatic N) is 2. The van der Waals surface area contributed by atoms with Crippen molar-refractivity contribution in [2.24, 2.45) is 0 Å². The number of rotatable bonds is 2. The van der Waals surface area contributed by atoms with Crippen molar-refractivity contribution < 1.29 is 9.53 Å². The molecule has 0 aliphatic carbocycles. The first-order valence-corrected chi connectivity index (χ1v) is 4.78. The Kier molecular flexibility index (Phi) is 2.68. The maximum atomic E-state index is 11.3. The summed E-state index contributed by atoms with van der Waals surface area (Å²) in [7, 11) is 1.33. The number of pyridine rings is 1. The van der Waals surface area contributed by atoms with Crippen molar-refractivity contribution in [2.45, 2.75) is 6.92 Å². The molecule has 0 aliphatic heterocycles. The maximum absolute atomic E-state index is 11.3. The van der Waals surface area contributed by atoms with Crippen LogP contribution < -0.4 is 0 Å². The van der Waals surface area contributed by atoms with E-state index in [1.54, 1.807) is 18.3 Å². The summed E-state index contributed by atoms with van der Waals surface area (Å²) in [4.78, 5) is 15.5. The zero-order valence-electron chi connectivity index (χ0n) is 9.02. The molecule has 0 spiro atoms. The van der Waals surface area contributed by atoms with E-state index in [-0.39, 0.29) is 0 Å². The quantitative estimate of drug-likeness (QED) is 0.775. The highest BCUT2D eigenvalue weighted by atomic mass is 16.5. The number of esters is 1. The lowest BCUT2D eigenvalue weighted by Gasteiger charge is -2.01. The summed E-state index contributed by atoms with van der Waals surface area (Å²) < 4.78 is 4.61. The normalized spacial score (nSPS) is 10.1. The molecule has 16 heavy (non-hydrogen) atoms. The Hall–Kier alpha value is -2.17. The van der Waals surface area contributed by atoms with Crippen molar-refractivity contribution in [1.82, 2.24) is 15.2 Å². The second kappa shape index (κ2) is 4.14. The molecule has 0 unspecified atom stereocenters. The summed E-state index contributed by atoms with van der Waals surface area (Å²) in [5, 5.41) is 6.74. The second-order valence-electron chi connectivity index (χ2n) is 3.31. The molecule has 1 N–H and O–H groups in total. The van der Waals surface area contributed by atoms with Gasteiger partial charge in [0.05, 0.1) is 19.0 Å². The predicted octanol–water partition coefficient (Wildman–Crippen LogP) is 1.57. The van der Waals surface area contributed by atoms with Gasteiger partial charge in [-0.15, -0.1) is 0 Å². The maximum Gasteiger partial charge on any atom is 0.356 e. The van der Waals surface area contributed by atoms with E-state index in [9.17, 15) is 4.79 Å². The molecule has 2 heterocycles. The van der Waals surface area contributed by atoms with Crippen LogP contribution in [-0.2, 0) is 4.74 Å². The van der Waals surface area contributed by atoms with Crippen LogP contribution in [0.4, 0.5) is 0 Å². The van der Waals surface area contributed by atoms with E-state index < -0.39 is 5.97 Å². The van der Waals surface area contributed by atoms with Gasteiger partial charge >= 0.3 is 5.97 Å². The van der Waals surface area contributed by atoms with Gasteiger partial charge in [0, 0.05) is 11.3 Å². The number of H-pyrrole nitrogens is 1. The Morgan fingerprint density at radius 3 is 2.88 bits per heavy atom. The Bertz CT molecular complexity index is 519. The zero-order chi connectivity index (χ0) is 11.5.